The number of rotatable bonds is 5. The molecule has 0 saturated carbocycles. The van der Waals surface area contributed by atoms with Gasteiger partial charge in [-0.1, -0.05) is 47.7 Å². The van der Waals surface area contributed by atoms with Crippen molar-refractivity contribution >= 4 is 32.9 Å². The van der Waals surface area contributed by atoms with Gasteiger partial charge in [0.1, 0.15) is 0 Å². The molecule has 0 radical (unpaired) electrons. The summed E-state index contributed by atoms with van der Waals surface area (Å²) < 4.78 is 7.01. The highest BCUT2D eigenvalue weighted by Crippen LogP contribution is 2.44. The van der Waals surface area contributed by atoms with Crippen molar-refractivity contribution in [3.05, 3.63) is 59.7 Å². The first-order valence-corrected chi connectivity index (χ1v) is 10.1. The smallest absolute Gasteiger partial charge is 0.198 e. The number of piperidine rings is 1. The van der Waals surface area contributed by atoms with E-state index in [2.05, 4.69) is 23.1 Å². The van der Waals surface area contributed by atoms with E-state index in [-0.39, 0.29) is 5.78 Å². The van der Waals surface area contributed by atoms with Crippen LogP contribution in [0.25, 0.3) is 10.1 Å². The highest BCUT2D eigenvalue weighted by molar-refractivity contribution is 7.21. The zero-order valence-corrected chi connectivity index (χ0v) is 15.8. The summed E-state index contributed by atoms with van der Waals surface area (Å²) in [6, 6.07) is 15.9. The van der Waals surface area contributed by atoms with Crippen molar-refractivity contribution in [1.29, 1.82) is 0 Å². The molecule has 1 fully saturated rings. The lowest BCUT2D eigenvalue weighted by molar-refractivity contribution is 0.103. The second-order valence-electron chi connectivity index (χ2n) is 6.59. The van der Waals surface area contributed by atoms with Gasteiger partial charge in [-0.3, -0.25) is 4.79 Å². The molecule has 134 valence electrons. The van der Waals surface area contributed by atoms with E-state index in [1.807, 2.05) is 37.3 Å². The van der Waals surface area contributed by atoms with Crippen molar-refractivity contribution < 1.29 is 9.53 Å². The van der Waals surface area contributed by atoms with Crippen LogP contribution in [0.15, 0.2) is 48.5 Å². The monoisotopic (exact) mass is 365 g/mol. The molecule has 3 aromatic rings. The first kappa shape index (κ1) is 17.1. The molecule has 0 spiro atoms. The maximum absolute atomic E-state index is 13.4. The minimum atomic E-state index is 0.0461. The van der Waals surface area contributed by atoms with Crippen LogP contribution in [0.1, 0.15) is 42.1 Å². The van der Waals surface area contributed by atoms with Gasteiger partial charge in [-0.05, 0) is 38.3 Å². The Balaban J connectivity index is 1.90. The molecular weight excluding hydrogens is 342 g/mol. The van der Waals surface area contributed by atoms with E-state index in [0.29, 0.717) is 12.2 Å². The Labute approximate surface area is 158 Å². The van der Waals surface area contributed by atoms with Crippen LogP contribution in [-0.4, -0.2) is 25.5 Å². The Bertz CT molecular complexity index is 911. The molecule has 1 aliphatic rings. The molecule has 0 atom stereocenters. The standard InChI is InChI=1S/C22H23NO2S/c1-2-25-22-20(21(24)16-10-5-3-6-11-16)19-17(12-9-13-18(19)26-22)23-14-7-4-8-15-23/h3,5-6,9-13H,2,4,7-8,14-15H2,1H3. The first-order valence-electron chi connectivity index (χ1n) is 9.32. The van der Waals surface area contributed by atoms with Crippen LogP contribution in [0.4, 0.5) is 5.69 Å². The lowest BCUT2D eigenvalue weighted by Gasteiger charge is -2.29. The number of hydrogen-bond acceptors (Lipinski definition) is 4. The zero-order chi connectivity index (χ0) is 17.9. The van der Waals surface area contributed by atoms with E-state index in [9.17, 15) is 4.79 Å². The summed E-state index contributed by atoms with van der Waals surface area (Å²) in [4.78, 5) is 15.8. The fourth-order valence-electron chi connectivity index (χ4n) is 3.68. The number of ketones is 1. The van der Waals surface area contributed by atoms with Gasteiger partial charge in [0.2, 0.25) is 0 Å². The summed E-state index contributed by atoms with van der Waals surface area (Å²) in [5.41, 5.74) is 2.60. The summed E-state index contributed by atoms with van der Waals surface area (Å²) in [6.45, 7) is 4.63. The molecule has 26 heavy (non-hydrogen) atoms. The van der Waals surface area contributed by atoms with E-state index in [1.165, 1.54) is 24.9 Å². The average molecular weight is 365 g/mol. The Kier molecular flexibility index (Phi) is 4.93. The van der Waals surface area contributed by atoms with E-state index >= 15 is 0 Å². The van der Waals surface area contributed by atoms with E-state index in [4.69, 9.17) is 4.74 Å². The third-order valence-electron chi connectivity index (χ3n) is 4.90. The predicted molar refractivity (Wildman–Crippen MR) is 109 cm³/mol. The molecule has 4 rings (SSSR count). The summed E-state index contributed by atoms with van der Waals surface area (Å²) in [5, 5.41) is 1.79. The molecule has 1 aliphatic heterocycles. The number of ether oxygens (including phenoxy) is 1. The normalized spacial score (nSPS) is 14.6. The van der Waals surface area contributed by atoms with Crippen LogP contribution < -0.4 is 9.64 Å². The van der Waals surface area contributed by atoms with Gasteiger partial charge in [0, 0.05) is 34.4 Å². The zero-order valence-electron chi connectivity index (χ0n) is 15.0. The van der Waals surface area contributed by atoms with E-state index in [1.54, 1.807) is 11.3 Å². The molecule has 3 nitrogen and oxygen atoms in total. The highest BCUT2D eigenvalue weighted by atomic mass is 32.1. The topological polar surface area (TPSA) is 29.5 Å². The van der Waals surface area contributed by atoms with Crippen LogP contribution in [0.3, 0.4) is 0 Å². The third-order valence-corrected chi connectivity index (χ3v) is 5.96. The molecule has 0 amide bonds. The van der Waals surface area contributed by atoms with Gasteiger partial charge in [0.25, 0.3) is 0 Å². The number of carbonyl (C=O) groups is 1. The Morgan fingerprint density at radius 3 is 2.54 bits per heavy atom. The lowest BCUT2D eigenvalue weighted by Crippen LogP contribution is -2.29. The Morgan fingerprint density at radius 1 is 1.04 bits per heavy atom. The molecule has 1 saturated heterocycles. The van der Waals surface area contributed by atoms with Gasteiger partial charge >= 0.3 is 0 Å². The Morgan fingerprint density at radius 2 is 1.81 bits per heavy atom. The first-order chi connectivity index (χ1) is 12.8. The quantitative estimate of drug-likeness (QED) is 0.558. The number of fused-ring (bicyclic) bond motifs is 1. The molecule has 0 N–H and O–H groups in total. The second-order valence-corrected chi connectivity index (χ2v) is 7.61. The van der Waals surface area contributed by atoms with Crippen molar-refractivity contribution in [3.8, 4) is 5.06 Å². The van der Waals surface area contributed by atoms with Gasteiger partial charge < -0.3 is 9.64 Å². The maximum Gasteiger partial charge on any atom is 0.198 e. The third kappa shape index (κ3) is 3.10. The van der Waals surface area contributed by atoms with Crippen molar-refractivity contribution in [2.24, 2.45) is 0 Å². The molecule has 1 aromatic heterocycles. The summed E-state index contributed by atoms with van der Waals surface area (Å²) >= 11 is 1.58. The summed E-state index contributed by atoms with van der Waals surface area (Å²) in [7, 11) is 0. The maximum atomic E-state index is 13.4. The molecular formula is C22H23NO2S. The SMILES string of the molecule is CCOc1sc2cccc(N3CCCCC3)c2c1C(=O)c1ccccc1. The van der Waals surface area contributed by atoms with E-state index in [0.717, 1.165) is 33.8 Å². The van der Waals surface area contributed by atoms with Crippen LogP contribution in [0.5, 0.6) is 5.06 Å². The number of hydrogen-bond donors (Lipinski definition) is 0. The molecule has 0 aliphatic carbocycles. The van der Waals surface area contributed by atoms with Crippen LogP contribution in [0, 0.1) is 0 Å². The van der Waals surface area contributed by atoms with Crippen molar-refractivity contribution in [2.45, 2.75) is 26.2 Å². The van der Waals surface area contributed by atoms with Crippen molar-refractivity contribution in [3.63, 3.8) is 0 Å². The van der Waals surface area contributed by atoms with E-state index < -0.39 is 0 Å². The van der Waals surface area contributed by atoms with Crippen LogP contribution >= 0.6 is 11.3 Å². The number of benzene rings is 2. The number of anilines is 1. The fraction of sp³-hybridized carbons (Fsp3) is 0.318. The number of carbonyl (C=O) groups excluding carboxylic acids is 1. The second kappa shape index (κ2) is 7.50. The van der Waals surface area contributed by atoms with Gasteiger partial charge in [-0.25, -0.2) is 0 Å². The fourth-order valence-corrected chi connectivity index (χ4v) is 4.81. The van der Waals surface area contributed by atoms with Crippen molar-refractivity contribution in [2.75, 3.05) is 24.6 Å². The van der Waals surface area contributed by atoms with Gasteiger partial charge in [0.05, 0.1) is 12.2 Å². The number of thiophene rings is 1. The number of nitrogens with zero attached hydrogens (tertiary/aromatic N) is 1. The minimum absolute atomic E-state index is 0.0461. The highest BCUT2D eigenvalue weighted by Gasteiger charge is 2.25. The molecule has 4 heteroatoms. The van der Waals surface area contributed by atoms with Crippen LogP contribution in [0.2, 0.25) is 0 Å². The molecule has 0 bridgehead atoms. The predicted octanol–water partition coefficient (Wildman–Crippen LogP) is 5.52. The van der Waals surface area contributed by atoms with Crippen LogP contribution in [-0.2, 0) is 0 Å². The van der Waals surface area contributed by atoms with Gasteiger partial charge in [-0.15, -0.1) is 0 Å². The summed E-state index contributed by atoms with van der Waals surface area (Å²) in [5.74, 6) is 0.0461. The summed E-state index contributed by atoms with van der Waals surface area (Å²) in [6.07, 6.45) is 3.71. The van der Waals surface area contributed by atoms with Gasteiger partial charge in [0.15, 0.2) is 10.8 Å². The largest absolute Gasteiger partial charge is 0.484 e. The van der Waals surface area contributed by atoms with Gasteiger partial charge in [-0.2, -0.15) is 0 Å². The lowest BCUT2D eigenvalue weighted by atomic mass is 10.00. The average Bonchev–Trinajstić information content (AvgIpc) is 3.07. The molecule has 0 unspecified atom stereocenters. The molecule has 2 heterocycles. The van der Waals surface area contributed by atoms with Crippen molar-refractivity contribution in [1.82, 2.24) is 0 Å². The molecule has 2 aromatic carbocycles. The Hall–Kier alpha value is -2.33. The minimum Gasteiger partial charge on any atom is -0.484 e.